The lowest BCUT2D eigenvalue weighted by atomic mass is 10.1. The summed E-state index contributed by atoms with van der Waals surface area (Å²) < 4.78 is 0. The van der Waals surface area contributed by atoms with E-state index in [9.17, 15) is 4.79 Å². The highest BCUT2D eigenvalue weighted by atomic mass is 16.4. The Hall–Kier alpha value is -1.84. The molecule has 0 fully saturated rings. The van der Waals surface area contributed by atoms with E-state index in [0.717, 1.165) is 25.2 Å². The number of nitrogens with zero attached hydrogens (tertiary/aromatic N) is 2. The Labute approximate surface area is 101 Å². The van der Waals surface area contributed by atoms with Crippen LogP contribution >= 0.6 is 0 Å². The average molecular weight is 232 g/mol. The van der Waals surface area contributed by atoms with Crippen LogP contribution in [0.3, 0.4) is 0 Å². The molecule has 1 aliphatic rings. The van der Waals surface area contributed by atoms with Gasteiger partial charge in [-0.2, -0.15) is 0 Å². The van der Waals surface area contributed by atoms with E-state index in [1.165, 1.54) is 5.56 Å². The van der Waals surface area contributed by atoms with Gasteiger partial charge in [-0.15, -0.1) is 0 Å². The molecule has 0 atom stereocenters. The number of benzene rings is 1. The highest BCUT2D eigenvalue weighted by molar-refractivity contribution is 5.82. The molecule has 0 saturated heterocycles. The second-order valence-corrected chi connectivity index (χ2v) is 4.09. The molecule has 0 bridgehead atoms. The van der Waals surface area contributed by atoms with Crippen molar-refractivity contribution >= 4 is 18.0 Å². The molecule has 1 aliphatic heterocycles. The van der Waals surface area contributed by atoms with Gasteiger partial charge in [-0.3, -0.25) is 9.79 Å². The normalized spacial score (nSPS) is 14.2. The lowest BCUT2D eigenvalue weighted by Gasteiger charge is -2.18. The summed E-state index contributed by atoms with van der Waals surface area (Å²) in [7, 11) is 0. The number of carbonyl (C=O) groups is 1. The maximum Gasteiger partial charge on any atom is 0.303 e. The SMILES string of the molecule is O=C(O)CCCc1ccccc1N1C=NCC1. The minimum Gasteiger partial charge on any atom is -0.481 e. The first-order valence-electron chi connectivity index (χ1n) is 5.83. The van der Waals surface area contributed by atoms with E-state index in [1.54, 1.807) is 0 Å². The first kappa shape index (κ1) is 11.6. The van der Waals surface area contributed by atoms with Crippen LogP contribution < -0.4 is 4.90 Å². The summed E-state index contributed by atoms with van der Waals surface area (Å²) in [6.45, 7) is 1.75. The van der Waals surface area contributed by atoms with Gasteiger partial charge in [0.1, 0.15) is 0 Å². The number of para-hydroxylation sites is 1. The molecule has 0 radical (unpaired) electrons. The molecule has 2 rings (SSSR count). The molecule has 0 amide bonds. The van der Waals surface area contributed by atoms with E-state index < -0.39 is 5.97 Å². The van der Waals surface area contributed by atoms with Crippen LogP contribution in [0, 0.1) is 0 Å². The van der Waals surface area contributed by atoms with Crippen LogP contribution in [-0.4, -0.2) is 30.5 Å². The highest BCUT2D eigenvalue weighted by Gasteiger charge is 2.11. The minimum atomic E-state index is -0.731. The number of rotatable bonds is 5. The Morgan fingerprint density at radius 3 is 2.94 bits per heavy atom. The molecule has 0 spiro atoms. The maximum atomic E-state index is 10.5. The molecular weight excluding hydrogens is 216 g/mol. The van der Waals surface area contributed by atoms with Crippen LogP contribution in [0.15, 0.2) is 29.3 Å². The average Bonchev–Trinajstić information content (AvgIpc) is 2.82. The predicted octanol–water partition coefficient (Wildman–Crippen LogP) is 1.94. The number of aliphatic imine (C=N–C) groups is 1. The van der Waals surface area contributed by atoms with E-state index in [2.05, 4.69) is 22.0 Å². The number of hydrogen-bond donors (Lipinski definition) is 1. The number of aryl methyl sites for hydroxylation is 1. The second-order valence-electron chi connectivity index (χ2n) is 4.09. The quantitative estimate of drug-likeness (QED) is 0.844. The third kappa shape index (κ3) is 3.06. The van der Waals surface area contributed by atoms with Crippen molar-refractivity contribution < 1.29 is 9.90 Å². The fourth-order valence-electron chi connectivity index (χ4n) is 1.99. The first-order valence-corrected chi connectivity index (χ1v) is 5.83. The number of anilines is 1. The van der Waals surface area contributed by atoms with E-state index >= 15 is 0 Å². The van der Waals surface area contributed by atoms with Gasteiger partial charge >= 0.3 is 5.97 Å². The Kier molecular flexibility index (Phi) is 3.75. The van der Waals surface area contributed by atoms with E-state index in [-0.39, 0.29) is 6.42 Å². The molecule has 4 heteroatoms. The molecule has 0 unspecified atom stereocenters. The molecular formula is C13H16N2O2. The molecule has 1 aromatic rings. The van der Waals surface area contributed by atoms with Crippen molar-refractivity contribution in [1.82, 2.24) is 0 Å². The van der Waals surface area contributed by atoms with Crippen molar-refractivity contribution in [2.24, 2.45) is 4.99 Å². The summed E-state index contributed by atoms with van der Waals surface area (Å²) in [6, 6.07) is 8.12. The Balaban J connectivity index is 2.05. The van der Waals surface area contributed by atoms with Crippen LogP contribution in [0.2, 0.25) is 0 Å². The molecule has 1 N–H and O–H groups in total. The van der Waals surface area contributed by atoms with E-state index in [4.69, 9.17) is 5.11 Å². The van der Waals surface area contributed by atoms with Gasteiger partial charge in [0.25, 0.3) is 0 Å². The largest absolute Gasteiger partial charge is 0.481 e. The van der Waals surface area contributed by atoms with Gasteiger partial charge in [0, 0.05) is 18.7 Å². The zero-order chi connectivity index (χ0) is 12.1. The summed E-state index contributed by atoms with van der Waals surface area (Å²) in [5, 5.41) is 8.64. The van der Waals surface area contributed by atoms with Crippen molar-refractivity contribution in [1.29, 1.82) is 0 Å². The minimum absolute atomic E-state index is 0.225. The molecule has 17 heavy (non-hydrogen) atoms. The van der Waals surface area contributed by atoms with Gasteiger partial charge in [0.2, 0.25) is 0 Å². The molecule has 1 aromatic carbocycles. The van der Waals surface area contributed by atoms with Crippen molar-refractivity contribution in [3.05, 3.63) is 29.8 Å². The molecule has 0 saturated carbocycles. The van der Waals surface area contributed by atoms with Gasteiger partial charge < -0.3 is 10.0 Å². The summed E-state index contributed by atoms with van der Waals surface area (Å²) in [6.07, 6.45) is 3.56. The van der Waals surface area contributed by atoms with Crippen molar-refractivity contribution in [2.75, 3.05) is 18.0 Å². The van der Waals surface area contributed by atoms with Gasteiger partial charge in [-0.1, -0.05) is 18.2 Å². The maximum absolute atomic E-state index is 10.5. The highest BCUT2D eigenvalue weighted by Crippen LogP contribution is 2.22. The van der Waals surface area contributed by atoms with Crippen LogP contribution in [0.5, 0.6) is 0 Å². The fraction of sp³-hybridized carbons (Fsp3) is 0.385. The third-order valence-corrected chi connectivity index (χ3v) is 2.83. The molecule has 4 nitrogen and oxygen atoms in total. The van der Waals surface area contributed by atoms with E-state index in [1.807, 2.05) is 18.5 Å². The Morgan fingerprint density at radius 2 is 2.24 bits per heavy atom. The lowest BCUT2D eigenvalue weighted by Crippen LogP contribution is -2.19. The van der Waals surface area contributed by atoms with Gasteiger partial charge in [0.15, 0.2) is 0 Å². The zero-order valence-electron chi connectivity index (χ0n) is 9.67. The Bertz CT molecular complexity index is 429. The van der Waals surface area contributed by atoms with E-state index in [0.29, 0.717) is 6.42 Å². The van der Waals surface area contributed by atoms with Crippen LogP contribution in [0.1, 0.15) is 18.4 Å². The Morgan fingerprint density at radius 1 is 1.41 bits per heavy atom. The monoisotopic (exact) mass is 232 g/mol. The van der Waals surface area contributed by atoms with Gasteiger partial charge in [0.05, 0.1) is 12.9 Å². The number of carboxylic acids is 1. The summed E-state index contributed by atoms with van der Waals surface area (Å²) >= 11 is 0. The smallest absolute Gasteiger partial charge is 0.303 e. The van der Waals surface area contributed by atoms with Crippen molar-refractivity contribution in [2.45, 2.75) is 19.3 Å². The lowest BCUT2D eigenvalue weighted by molar-refractivity contribution is -0.137. The zero-order valence-corrected chi connectivity index (χ0v) is 9.67. The van der Waals surface area contributed by atoms with Crippen LogP contribution in [0.25, 0.3) is 0 Å². The van der Waals surface area contributed by atoms with Crippen LogP contribution in [-0.2, 0) is 11.2 Å². The van der Waals surface area contributed by atoms with Crippen molar-refractivity contribution in [3.8, 4) is 0 Å². The first-order chi connectivity index (χ1) is 8.27. The second kappa shape index (κ2) is 5.48. The van der Waals surface area contributed by atoms with Gasteiger partial charge in [-0.05, 0) is 24.5 Å². The number of hydrogen-bond acceptors (Lipinski definition) is 3. The molecule has 0 aliphatic carbocycles. The van der Waals surface area contributed by atoms with Crippen LogP contribution in [0.4, 0.5) is 5.69 Å². The van der Waals surface area contributed by atoms with Gasteiger partial charge in [-0.25, -0.2) is 0 Å². The fourth-order valence-corrected chi connectivity index (χ4v) is 1.99. The summed E-state index contributed by atoms with van der Waals surface area (Å²) in [4.78, 5) is 16.8. The molecule has 90 valence electrons. The third-order valence-electron chi connectivity index (χ3n) is 2.83. The summed E-state index contributed by atoms with van der Waals surface area (Å²) in [5.74, 6) is -0.731. The predicted molar refractivity (Wildman–Crippen MR) is 67.7 cm³/mol. The topological polar surface area (TPSA) is 52.9 Å². The molecule has 0 aromatic heterocycles. The number of carboxylic acid groups (broad SMARTS) is 1. The number of aliphatic carboxylic acids is 1. The molecule has 1 heterocycles. The van der Waals surface area contributed by atoms with Crippen molar-refractivity contribution in [3.63, 3.8) is 0 Å². The summed E-state index contributed by atoms with van der Waals surface area (Å²) in [5.41, 5.74) is 2.35. The standard InChI is InChI=1S/C13H16N2O2/c16-13(17)7-3-5-11-4-1-2-6-12(11)15-9-8-14-10-15/h1-2,4,6,10H,3,5,7-9H2,(H,16,17).